The molecule has 0 saturated carbocycles. The van der Waals surface area contributed by atoms with Crippen LogP contribution in [0.5, 0.6) is 0 Å². The lowest BCUT2D eigenvalue weighted by atomic mass is 9.93. The van der Waals surface area contributed by atoms with E-state index in [0.29, 0.717) is 16.6 Å². The van der Waals surface area contributed by atoms with Gasteiger partial charge in [0.05, 0.1) is 10.0 Å². The van der Waals surface area contributed by atoms with Crippen LogP contribution in [-0.2, 0) is 19.4 Å². The van der Waals surface area contributed by atoms with Crippen LogP contribution in [0.3, 0.4) is 0 Å². The van der Waals surface area contributed by atoms with E-state index in [4.69, 9.17) is 28.2 Å². The first-order valence-corrected chi connectivity index (χ1v) is 11.1. The highest BCUT2D eigenvalue weighted by molar-refractivity contribution is 6.42. The fourth-order valence-corrected chi connectivity index (χ4v) is 4.15. The van der Waals surface area contributed by atoms with Crippen molar-refractivity contribution in [2.45, 2.75) is 64.8 Å². The van der Waals surface area contributed by atoms with Gasteiger partial charge < -0.3 is 4.57 Å². The molecule has 3 rings (SSSR count). The molecule has 2 aromatic rings. The van der Waals surface area contributed by atoms with Gasteiger partial charge in [0.2, 0.25) is 0 Å². The van der Waals surface area contributed by atoms with Crippen molar-refractivity contribution in [2.75, 3.05) is 6.54 Å². The largest absolute Gasteiger partial charge is 0.312 e. The van der Waals surface area contributed by atoms with Gasteiger partial charge in [-0.15, -0.1) is 0 Å². The Morgan fingerprint density at radius 3 is 2.68 bits per heavy atom. The van der Waals surface area contributed by atoms with Gasteiger partial charge in [-0.2, -0.15) is 0 Å². The first kappa shape index (κ1) is 21.1. The molecular formula is C23H28Cl2N2O. The molecule has 0 amide bonds. The molecule has 150 valence electrons. The van der Waals surface area contributed by atoms with Crippen molar-refractivity contribution < 1.29 is 0 Å². The molecule has 5 heteroatoms. The fraction of sp³-hybridized carbons (Fsp3) is 0.478. The molecule has 0 saturated heterocycles. The van der Waals surface area contributed by atoms with Crippen LogP contribution in [0.25, 0.3) is 0 Å². The molecule has 0 radical (unpaired) electrons. The summed E-state index contributed by atoms with van der Waals surface area (Å²) >= 11 is 12.1. The van der Waals surface area contributed by atoms with Crippen LogP contribution < -0.4 is 5.56 Å². The Labute approximate surface area is 177 Å². The maximum Gasteiger partial charge on any atom is 0.250 e. The highest BCUT2D eigenvalue weighted by Gasteiger charge is 2.19. The van der Waals surface area contributed by atoms with E-state index in [1.54, 1.807) is 6.07 Å². The number of fused-ring (bicyclic) bond motifs is 1. The van der Waals surface area contributed by atoms with Crippen molar-refractivity contribution in [3.63, 3.8) is 0 Å². The normalized spacial score (nSPS) is 15.0. The van der Waals surface area contributed by atoms with E-state index >= 15 is 0 Å². The van der Waals surface area contributed by atoms with Crippen LogP contribution in [0.4, 0.5) is 0 Å². The number of hydrogen-bond acceptors (Lipinski definition) is 2. The minimum atomic E-state index is 0.118. The number of aromatic nitrogens is 1. The molecule has 1 aromatic carbocycles. The van der Waals surface area contributed by atoms with Crippen molar-refractivity contribution >= 4 is 28.9 Å². The highest BCUT2D eigenvalue weighted by atomic mass is 35.5. The summed E-state index contributed by atoms with van der Waals surface area (Å²) in [5.74, 6) is 0. The zero-order chi connectivity index (χ0) is 19.9. The molecule has 1 aliphatic rings. The van der Waals surface area contributed by atoms with Gasteiger partial charge >= 0.3 is 0 Å². The minimum Gasteiger partial charge on any atom is -0.312 e. The van der Waals surface area contributed by atoms with Gasteiger partial charge in [-0.3, -0.25) is 9.79 Å². The van der Waals surface area contributed by atoms with Crippen LogP contribution >= 0.6 is 23.2 Å². The Morgan fingerprint density at radius 2 is 1.89 bits per heavy atom. The van der Waals surface area contributed by atoms with Crippen LogP contribution in [0.2, 0.25) is 10.0 Å². The van der Waals surface area contributed by atoms with Crippen LogP contribution in [0.1, 0.15) is 62.3 Å². The minimum absolute atomic E-state index is 0.118. The Kier molecular flexibility index (Phi) is 7.75. The van der Waals surface area contributed by atoms with E-state index in [1.165, 1.54) is 25.0 Å². The van der Waals surface area contributed by atoms with E-state index in [-0.39, 0.29) is 5.56 Å². The fourth-order valence-electron chi connectivity index (χ4n) is 3.83. The predicted molar refractivity (Wildman–Crippen MR) is 119 cm³/mol. The zero-order valence-corrected chi connectivity index (χ0v) is 18.0. The van der Waals surface area contributed by atoms with Crippen molar-refractivity contribution in [1.29, 1.82) is 0 Å². The van der Waals surface area contributed by atoms with E-state index in [1.807, 2.05) is 28.8 Å². The molecular weight excluding hydrogens is 391 g/mol. The van der Waals surface area contributed by atoms with Crippen molar-refractivity contribution in [3.8, 4) is 0 Å². The van der Waals surface area contributed by atoms with Crippen molar-refractivity contribution in [2.24, 2.45) is 4.99 Å². The second kappa shape index (κ2) is 10.3. The number of nitrogens with zero attached hydrogens (tertiary/aromatic N) is 2. The summed E-state index contributed by atoms with van der Waals surface area (Å²) in [6.07, 6.45) is 8.49. The molecule has 3 nitrogen and oxygen atoms in total. The molecule has 28 heavy (non-hydrogen) atoms. The Hall–Kier alpha value is -1.58. The molecule has 0 aliphatic heterocycles. The number of pyridine rings is 1. The molecule has 0 fully saturated rings. The summed E-state index contributed by atoms with van der Waals surface area (Å²) in [7, 11) is 0. The van der Waals surface area contributed by atoms with Crippen molar-refractivity contribution in [1.82, 2.24) is 4.57 Å². The molecule has 1 aliphatic carbocycles. The summed E-state index contributed by atoms with van der Waals surface area (Å²) in [6.45, 7) is 3.73. The first-order chi connectivity index (χ1) is 13.6. The van der Waals surface area contributed by atoms with Crippen LogP contribution in [0, 0.1) is 0 Å². The first-order valence-electron chi connectivity index (χ1n) is 10.3. The summed E-state index contributed by atoms with van der Waals surface area (Å²) in [6, 6.07) is 9.42. The SMILES string of the molecule is CCCCCCn1c2c(ccc1=O)C(=NCCc1ccc(Cl)c(Cl)c1)CCC2. The predicted octanol–water partition coefficient (Wildman–Crippen LogP) is 6.10. The third-order valence-electron chi connectivity index (χ3n) is 5.36. The number of unbranched alkanes of at least 4 members (excludes halogenated alkanes) is 3. The van der Waals surface area contributed by atoms with Gasteiger partial charge in [0, 0.05) is 36.1 Å². The number of hydrogen-bond donors (Lipinski definition) is 0. The molecule has 1 heterocycles. The summed E-state index contributed by atoms with van der Waals surface area (Å²) in [5, 5.41) is 1.16. The quantitative estimate of drug-likeness (QED) is 0.476. The standard InChI is InChI=1S/C23H28Cl2N2O/c1-2-3-4-5-15-27-22-8-6-7-21(18(22)10-12-23(27)28)26-14-13-17-9-11-19(24)20(25)16-17/h9-12,16H,2-8,13-15H2,1H3. The van der Waals surface area contributed by atoms with Gasteiger partial charge in [-0.1, -0.05) is 55.5 Å². The molecule has 0 N–H and O–H groups in total. The van der Waals surface area contributed by atoms with Gasteiger partial charge in [-0.25, -0.2) is 0 Å². The van der Waals surface area contributed by atoms with Crippen molar-refractivity contribution in [3.05, 3.63) is 67.6 Å². The second-order valence-electron chi connectivity index (χ2n) is 7.42. The lowest BCUT2D eigenvalue weighted by Crippen LogP contribution is -2.28. The maximum atomic E-state index is 12.4. The molecule has 1 aromatic heterocycles. The van der Waals surface area contributed by atoms with Crippen LogP contribution in [0.15, 0.2) is 40.1 Å². The summed E-state index contributed by atoms with van der Waals surface area (Å²) in [5.41, 5.74) is 4.71. The van der Waals surface area contributed by atoms with E-state index in [2.05, 4.69) is 6.92 Å². The smallest absolute Gasteiger partial charge is 0.250 e. The van der Waals surface area contributed by atoms with E-state index in [9.17, 15) is 4.79 Å². The maximum absolute atomic E-state index is 12.4. The lowest BCUT2D eigenvalue weighted by Gasteiger charge is -2.22. The number of benzene rings is 1. The Bertz CT molecular complexity index is 902. The molecule has 0 atom stereocenters. The van der Waals surface area contributed by atoms with Gasteiger partial charge in [0.15, 0.2) is 0 Å². The summed E-state index contributed by atoms with van der Waals surface area (Å²) in [4.78, 5) is 17.3. The van der Waals surface area contributed by atoms with Crippen LogP contribution in [-0.4, -0.2) is 16.8 Å². The Morgan fingerprint density at radius 1 is 1.04 bits per heavy atom. The van der Waals surface area contributed by atoms with E-state index < -0.39 is 0 Å². The van der Waals surface area contributed by atoms with Gasteiger partial charge in [0.25, 0.3) is 5.56 Å². The monoisotopic (exact) mass is 418 g/mol. The number of halogens is 2. The van der Waals surface area contributed by atoms with Gasteiger partial charge in [0.1, 0.15) is 0 Å². The average Bonchev–Trinajstić information content (AvgIpc) is 2.69. The average molecular weight is 419 g/mol. The highest BCUT2D eigenvalue weighted by Crippen LogP contribution is 2.24. The van der Waals surface area contributed by atoms with E-state index in [0.717, 1.165) is 55.5 Å². The number of rotatable bonds is 8. The second-order valence-corrected chi connectivity index (χ2v) is 8.24. The zero-order valence-electron chi connectivity index (χ0n) is 16.5. The third kappa shape index (κ3) is 5.27. The van der Waals surface area contributed by atoms with Gasteiger partial charge in [-0.05, 0) is 55.9 Å². The topological polar surface area (TPSA) is 34.4 Å². The molecule has 0 unspecified atom stereocenters. The lowest BCUT2D eigenvalue weighted by molar-refractivity contribution is 0.546. The third-order valence-corrected chi connectivity index (χ3v) is 6.09. The number of aliphatic imine (C=N–C) groups is 1. The molecule has 0 bridgehead atoms. The summed E-state index contributed by atoms with van der Waals surface area (Å²) < 4.78 is 1.98. The Balaban J connectivity index is 1.74. The molecule has 0 spiro atoms.